The number of benzene rings is 1. The van der Waals surface area contributed by atoms with E-state index in [2.05, 4.69) is 15.5 Å². The van der Waals surface area contributed by atoms with Gasteiger partial charge in [-0.3, -0.25) is 5.43 Å². The SMILES string of the molecule is Nc1csc(NN=Cc2ccc(B(O)O)cc2)n1. The molecule has 0 aliphatic rings. The van der Waals surface area contributed by atoms with E-state index in [0.717, 1.165) is 5.56 Å². The molecule has 0 aliphatic heterocycles. The summed E-state index contributed by atoms with van der Waals surface area (Å²) < 4.78 is 0. The fourth-order valence-corrected chi connectivity index (χ4v) is 1.80. The van der Waals surface area contributed by atoms with Crippen LogP contribution in [-0.4, -0.2) is 28.4 Å². The Labute approximate surface area is 108 Å². The molecule has 0 radical (unpaired) electrons. The molecule has 1 heterocycles. The number of nitrogens with two attached hydrogens (primary N) is 1. The Morgan fingerprint density at radius 2 is 2.06 bits per heavy atom. The number of aromatic nitrogens is 1. The summed E-state index contributed by atoms with van der Waals surface area (Å²) in [5.74, 6) is 0.457. The van der Waals surface area contributed by atoms with Crippen LogP contribution in [0.25, 0.3) is 0 Å². The largest absolute Gasteiger partial charge is 0.488 e. The van der Waals surface area contributed by atoms with Gasteiger partial charge in [0.25, 0.3) is 0 Å². The molecule has 2 aromatic rings. The second-order valence-corrected chi connectivity index (χ2v) is 4.35. The summed E-state index contributed by atoms with van der Waals surface area (Å²) in [5.41, 5.74) is 9.48. The first kappa shape index (κ1) is 12.6. The molecule has 0 atom stereocenters. The lowest BCUT2D eigenvalue weighted by Crippen LogP contribution is -2.29. The lowest BCUT2D eigenvalue weighted by molar-refractivity contribution is 0.426. The molecule has 0 spiro atoms. The van der Waals surface area contributed by atoms with E-state index in [1.54, 1.807) is 35.9 Å². The highest BCUT2D eigenvalue weighted by Gasteiger charge is 2.08. The summed E-state index contributed by atoms with van der Waals surface area (Å²) in [4.78, 5) is 3.98. The Hall–Kier alpha value is -1.90. The van der Waals surface area contributed by atoms with Gasteiger partial charge < -0.3 is 15.8 Å². The standard InChI is InChI=1S/C10H11BN4O2S/c12-9-6-18-10(14-9)15-13-5-7-1-3-8(4-2-7)11(16)17/h1-6,16-17H,12H2,(H,14,15). The molecule has 0 amide bonds. The first-order valence-electron chi connectivity index (χ1n) is 5.11. The molecule has 1 aromatic carbocycles. The maximum Gasteiger partial charge on any atom is 0.488 e. The third-order valence-electron chi connectivity index (χ3n) is 2.13. The van der Waals surface area contributed by atoms with Crippen molar-refractivity contribution in [1.82, 2.24) is 4.98 Å². The van der Waals surface area contributed by atoms with Crippen LogP contribution in [0.1, 0.15) is 5.56 Å². The minimum absolute atomic E-state index is 0.438. The molecule has 18 heavy (non-hydrogen) atoms. The van der Waals surface area contributed by atoms with E-state index < -0.39 is 7.12 Å². The highest BCUT2D eigenvalue weighted by Crippen LogP contribution is 2.15. The number of nitrogens with zero attached hydrogens (tertiary/aromatic N) is 2. The summed E-state index contributed by atoms with van der Waals surface area (Å²) in [6.07, 6.45) is 1.60. The molecule has 0 fully saturated rings. The van der Waals surface area contributed by atoms with Crippen molar-refractivity contribution in [3.8, 4) is 0 Å². The van der Waals surface area contributed by atoms with E-state index in [4.69, 9.17) is 15.8 Å². The first-order valence-corrected chi connectivity index (χ1v) is 5.99. The molecule has 8 heteroatoms. The molecule has 0 saturated heterocycles. The van der Waals surface area contributed by atoms with Crippen LogP contribution in [0.5, 0.6) is 0 Å². The van der Waals surface area contributed by atoms with Crippen molar-refractivity contribution < 1.29 is 10.0 Å². The van der Waals surface area contributed by atoms with Gasteiger partial charge in [-0.1, -0.05) is 24.3 Å². The van der Waals surface area contributed by atoms with Crippen LogP contribution >= 0.6 is 11.3 Å². The number of rotatable bonds is 4. The zero-order valence-corrected chi connectivity index (χ0v) is 10.1. The molecule has 0 bridgehead atoms. The van der Waals surface area contributed by atoms with E-state index in [1.165, 1.54) is 11.3 Å². The Kier molecular flexibility index (Phi) is 3.93. The number of nitrogen functional groups attached to an aromatic ring is 1. The maximum absolute atomic E-state index is 8.93. The first-order chi connectivity index (χ1) is 8.65. The molecule has 5 N–H and O–H groups in total. The number of hydrazone groups is 1. The zero-order chi connectivity index (χ0) is 13.0. The van der Waals surface area contributed by atoms with Crippen molar-refractivity contribution >= 4 is 41.1 Å². The minimum Gasteiger partial charge on any atom is -0.423 e. The minimum atomic E-state index is -1.45. The van der Waals surface area contributed by atoms with E-state index in [0.29, 0.717) is 16.4 Å². The van der Waals surface area contributed by atoms with E-state index >= 15 is 0 Å². The molecule has 6 nitrogen and oxygen atoms in total. The summed E-state index contributed by atoms with van der Waals surface area (Å²) in [6.45, 7) is 0. The van der Waals surface area contributed by atoms with Gasteiger partial charge in [0, 0.05) is 5.38 Å². The Bertz CT molecular complexity index is 541. The van der Waals surface area contributed by atoms with Crippen LogP contribution in [0.2, 0.25) is 0 Å². The quantitative estimate of drug-likeness (QED) is 0.348. The average Bonchev–Trinajstić information content (AvgIpc) is 2.76. The van der Waals surface area contributed by atoms with Gasteiger partial charge in [-0.15, -0.1) is 11.3 Å². The highest BCUT2D eigenvalue weighted by molar-refractivity contribution is 7.14. The van der Waals surface area contributed by atoms with Crippen LogP contribution in [0.15, 0.2) is 34.7 Å². The second kappa shape index (κ2) is 5.63. The number of thiazole rings is 1. The normalized spacial score (nSPS) is 10.8. The summed E-state index contributed by atoms with van der Waals surface area (Å²) in [5, 5.41) is 24.2. The second-order valence-electron chi connectivity index (χ2n) is 3.49. The summed E-state index contributed by atoms with van der Waals surface area (Å²) in [7, 11) is -1.45. The molecule has 0 unspecified atom stereocenters. The summed E-state index contributed by atoms with van der Waals surface area (Å²) in [6, 6.07) is 6.70. The average molecular weight is 262 g/mol. The highest BCUT2D eigenvalue weighted by atomic mass is 32.1. The molecule has 1 aromatic heterocycles. The molecule has 0 saturated carbocycles. The number of hydrogen-bond donors (Lipinski definition) is 4. The molecule has 92 valence electrons. The smallest absolute Gasteiger partial charge is 0.423 e. The van der Waals surface area contributed by atoms with Gasteiger partial charge in [-0.2, -0.15) is 5.10 Å². The predicted octanol–water partition coefficient (Wildman–Crippen LogP) is -0.149. The monoisotopic (exact) mass is 262 g/mol. The van der Waals surface area contributed by atoms with Crippen LogP contribution in [-0.2, 0) is 0 Å². The zero-order valence-electron chi connectivity index (χ0n) is 9.32. The van der Waals surface area contributed by atoms with Crippen LogP contribution < -0.4 is 16.6 Å². The fraction of sp³-hybridized carbons (Fsp3) is 0. The Morgan fingerprint density at radius 3 is 2.61 bits per heavy atom. The Morgan fingerprint density at radius 1 is 1.33 bits per heavy atom. The van der Waals surface area contributed by atoms with Crippen molar-refractivity contribution in [2.45, 2.75) is 0 Å². The van der Waals surface area contributed by atoms with E-state index in [9.17, 15) is 0 Å². The third kappa shape index (κ3) is 3.30. The topological polar surface area (TPSA) is 104 Å². The van der Waals surface area contributed by atoms with Crippen LogP contribution in [0.4, 0.5) is 10.9 Å². The van der Waals surface area contributed by atoms with Gasteiger partial charge in [-0.05, 0) is 11.0 Å². The maximum atomic E-state index is 8.93. The summed E-state index contributed by atoms with van der Waals surface area (Å²) >= 11 is 1.36. The van der Waals surface area contributed by atoms with Gasteiger partial charge in [0.1, 0.15) is 5.82 Å². The van der Waals surface area contributed by atoms with Crippen molar-refractivity contribution in [2.75, 3.05) is 11.2 Å². The molecular weight excluding hydrogens is 251 g/mol. The fourth-order valence-electron chi connectivity index (χ4n) is 1.25. The van der Waals surface area contributed by atoms with Gasteiger partial charge in [0.05, 0.1) is 6.21 Å². The third-order valence-corrected chi connectivity index (χ3v) is 2.90. The number of hydrogen-bond acceptors (Lipinski definition) is 7. The Balaban J connectivity index is 1.96. The molecular formula is C10H11BN4O2S. The van der Waals surface area contributed by atoms with Gasteiger partial charge in [-0.25, -0.2) is 4.98 Å². The van der Waals surface area contributed by atoms with Crippen LogP contribution in [0.3, 0.4) is 0 Å². The molecule has 2 rings (SSSR count). The van der Waals surface area contributed by atoms with Crippen molar-refractivity contribution in [3.05, 3.63) is 35.2 Å². The number of nitrogens with one attached hydrogen (secondary N) is 1. The van der Waals surface area contributed by atoms with Crippen LogP contribution in [0, 0.1) is 0 Å². The lowest BCUT2D eigenvalue weighted by atomic mass is 9.80. The van der Waals surface area contributed by atoms with E-state index in [1.807, 2.05) is 0 Å². The number of anilines is 2. The van der Waals surface area contributed by atoms with Gasteiger partial charge >= 0.3 is 7.12 Å². The predicted molar refractivity (Wildman–Crippen MR) is 74.0 cm³/mol. The lowest BCUT2D eigenvalue weighted by Gasteiger charge is -1.99. The molecule has 0 aliphatic carbocycles. The van der Waals surface area contributed by atoms with Crippen molar-refractivity contribution in [1.29, 1.82) is 0 Å². The van der Waals surface area contributed by atoms with Gasteiger partial charge in [0.15, 0.2) is 0 Å². The van der Waals surface area contributed by atoms with Crippen molar-refractivity contribution in [3.63, 3.8) is 0 Å². The van der Waals surface area contributed by atoms with Gasteiger partial charge in [0.2, 0.25) is 5.13 Å². The van der Waals surface area contributed by atoms with Crippen molar-refractivity contribution in [2.24, 2.45) is 5.10 Å². The van der Waals surface area contributed by atoms with E-state index in [-0.39, 0.29) is 0 Å².